The van der Waals surface area contributed by atoms with E-state index in [9.17, 15) is 4.79 Å². The monoisotopic (exact) mass is 354 g/mol. The molecule has 0 aliphatic heterocycles. The molecule has 3 nitrogen and oxygen atoms in total. The number of hydrogen-bond donors (Lipinski definition) is 1. The molecule has 0 saturated heterocycles. The van der Waals surface area contributed by atoms with Crippen LogP contribution in [0.1, 0.15) is 58.3 Å². The maximum Gasteiger partial charge on any atom is 0.343 e. The van der Waals surface area contributed by atoms with Gasteiger partial charge in [0.15, 0.2) is 4.33 Å². The van der Waals surface area contributed by atoms with Crippen molar-refractivity contribution in [3.8, 4) is 0 Å². The summed E-state index contributed by atoms with van der Waals surface area (Å²) in [5.41, 5.74) is 0. The molecule has 7 heteroatoms. The molecule has 0 unspecified atom stereocenters. The van der Waals surface area contributed by atoms with Gasteiger partial charge in [-0.05, 0) is 6.42 Å². The van der Waals surface area contributed by atoms with Crippen LogP contribution in [0.2, 0.25) is 0 Å². The normalized spacial score (nSPS) is 12.1. The summed E-state index contributed by atoms with van der Waals surface area (Å²) in [5, 5.41) is 8.84. The lowest BCUT2D eigenvalue weighted by atomic mass is 10.1. The highest BCUT2D eigenvalue weighted by Gasteiger charge is 2.52. The third kappa shape index (κ3) is 7.81. The highest BCUT2D eigenvalue weighted by Crippen LogP contribution is 2.46. The number of halogens is 4. The van der Waals surface area contributed by atoms with E-state index < -0.39 is 14.6 Å². The molecule has 0 bridgehead atoms. The number of aliphatic carboxylic acids is 1. The minimum Gasteiger partial charge on any atom is -0.479 e. The zero-order valence-corrected chi connectivity index (χ0v) is 14.0. The second kappa shape index (κ2) is 10.3. The molecule has 0 aromatic heterocycles. The number of carbonyl (C=O) groups is 1. The Morgan fingerprint density at radius 2 is 1.37 bits per heavy atom. The molecule has 0 aliphatic carbocycles. The Balaban J connectivity index is 0. The SMILES string of the molecule is CCCCCCCCCC(Cl)(Cl)C(Cl)(Cl)C(=O)O.O. The molecule has 0 saturated carbocycles. The first-order valence-electron chi connectivity index (χ1n) is 6.24. The van der Waals surface area contributed by atoms with Gasteiger partial charge in [0.2, 0.25) is 4.33 Å². The van der Waals surface area contributed by atoms with Crippen molar-refractivity contribution in [3.63, 3.8) is 0 Å². The van der Waals surface area contributed by atoms with Crippen molar-refractivity contribution in [2.45, 2.75) is 67.0 Å². The Morgan fingerprint density at radius 1 is 0.947 bits per heavy atom. The van der Waals surface area contributed by atoms with Crippen LogP contribution in [-0.4, -0.2) is 25.2 Å². The third-order valence-electron chi connectivity index (χ3n) is 2.82. The van der Waals surface area contributed by atoms with Gasteiger partial charge in [-0.1, -0.05) is 98.3 Å². The van der Waals surface area contributed by atoms with Gasteiger partial charge >= 0.3 is 5.97 Å². The van der Waals surface area contributed by atoms with Crippen LogP contribution in [0.25, 0.3) is 0 Å². The first-order chi connectivity index (χ1) is 8.25. The second-order valence-corrected chi connectivity index (χ2v) is 7.27. The van der Waals surface area contributed by atoms with Gasteiger partial charge in [-0.3, -0.25) is 0 Å². The molecular weight excluding hydrogens is 334 g/mol. The van der Waals surface area contributed by atoms with Crippen LogP contribution in [0.15, 0.2) is 0 Å². The molecule has 0 spiro atoms. The largest absolute Gasteiger partial charge is 0.479 e. The minimum absolute atomic E-state index is 0. The summed E-state index contributed by atoms with van der Waals surface area (Å²) in [7, 11) is 0. The summed E-state index contributed by atoms with van der Waals surface area (Å²) in [6.45, 7) is 2.17. The molecule has 0 heterocycles. The molecule has 0 amide bonds. The Kier molecular flexibility index (Phi) is 11.9. The molecule has 0 aromatic carbocycles. The summed E-state index contributed by atoms with van der Waals surface area (Å²) in [4.78, 5) is 10.8. The van der Waals surface area contributed by atoms with E-state index in [2.05, 4.69) is 6.92 Å². The van der Waals surface area contributed by atoms with E-state index in [1.807, 2.05) is 0 Å². The number of rotatable bonds is 10. The van der Waals surface area contributed by atoms with Gasteiger partial charge in [0.1, 0.15) is 0 Å². The van der Waals surface area contributed by atoms with Gasteiger partial charge in [0, 0.05) is 0 Å². The lowest BCUT2D eigenvalue weighted by Crippen LogP contribution is -2.43. The summed E-state index contributed by atoms with van der Waals surface area (Å²) in [6, 6.07) is 0. The van der Waals surface area contributed by atoms with Crippen LogP contribution < -0.4 is 0 Å². The molecule has 0 fully saturated rings. The summed E-state index contributed by atoms with van der Waals surface area (Å²) in [6.07, 6.45) is 7.90. The predicted octanol–water partition coefficient (Wildman–Crippen LogP) is 4.73. The minimum atomic E-state index is -2.17. The van der Waals surface area contributed by atoms with Crippen molar-refractivity contribution < 1.29 is 15.4 Å². The highest BCUT2D eigenvalue weighted by molar-refractivity contribution is 6.68. The van der Waals surface area contributed by atoms with Crippen molar-refractivity contribution in [3.05, 3.63) is 0 Å². The number of unbranched alkanes of at least 4 members (excludes halogenated alkanes) is 6. The van der Waals surface area contributed by atoms with Crippen LogP contribution in [0.5, 0.6) is 0 Å². The molecule has 116 valence electrons. The zero-order valence-electron chi connectivity index (χ0n) is 11.0. The van der Waals surface area contributed by atoms with E-state index in [4.69, 9.17) is 51.5 Å². The van der Waals surface area contributed by atoms with Crippen LogP contribution >= 0.6 is 46.4 Å². The van der Waals surface area contributed by atoms with Crippen LogP contribution in [0.4, 0.5) is 0 Å². The molecular formula is C12H22Cl4O3. The van der Waals surface area contributed by atoms with E-state index in [-0.39, 0.29) is 11.9 Å². The maximum absolute atomic E-state index is 10.8. The van der Waals surface area contributed by atoms with Crippen molar-refractivity contribution in [1.29, 1.82) is 0 Å². The molecule has 0 radical (unpaired) electrons. The number of hydrogen-bond acceptors (Lipinski definition) is 1. The average molecular weight is 356 g/mol. The molecule has 0 aliphatic rings. The zero-order chi connectivity index (χ0) is 14.2. The van der Waals surface area contributed by atoms with E-state index in [0.29, 0.717) is 6.42 Å². The number of carboxylic acid groups (broad SMARTS) is 1. The van der Waals surface area contributed by atoms with Gasteiger partial charge < -0.3 is 10.6 Å². The summed E-state index contributed by atoms with van der Waals surface area (Å²) in [5.74, 6) is -1.42. The lowest BCUT2D eigenvalue weighted by molar-refractivity contribution is -0.138. The summed E-state index contributed by atoms with van der Waals surface area (Å²) >= 11 is 23.1. The topological polar surface area (TPSA) is 68.8 Å². The first-order valence-corrected chi connectivity index (χ1v) is 7.76. The van der Waals surface area contributed by atoms with Crippen molar-refractivity contribution in [2.24, 2.45) is 0 Å². The molecule has 3 N–H and O–H groups in total. The van der Waals surface area contributed by atoms with Crippen molar-refractivity contribution in [1.82, 2.24) is 0 Å². The molecule has 0 aromatic rings. The first kappa shape index (κ1) is 21.9. The van der Waals surface area contributed by atoms with E-state index in [1.165, 1.54) is 25.7 Å². The highest BCUT2D eigenvalue weighted by atomic mass is 35.5. The maximum atomic E-state index is 10.8. The third-order valence-corrected chi connectivity index (χ3v) is 5.12. The van der Waals surface area contributed by atoms with Gasteiger partial charge in [0.05, 0.1) is 0 Å². The second-order valence-electron chi connectivity index (χ2n) is 4.46. The van der Waals surface area contributed by atoms with Crippen LogP contribution in [-0.2, 0) is 4.79 Å². The Bertz CT molecular complexity index is 257. The fraction of sp³-hybridized carbons (Fsp3) is 0.917. The summed E-state index contributed by atoms with van der Waals surface area (Å²) < 4.78 is -3.83. The quantitative estimate of drug-likeness (QED) is 0.454. The van der Waals surface area contributed by atoms with Gasteiger partial charge in [0.25, 0.3) is 0 Å². The smallest absolute Gasteiger partial charge is 0.343 e. The molecule has 0 atom stereocenters. The predicted molar refractivity (Wildman–Crippen MR) is 82.7 cm³/mol. The fourth-order valence-corrected chi connectivity index (χ4v) is 2.24. The van der Waals surface area contributed by atoms with E-state index in [0.717, 1.165) is 12.8 Å². The van der Waals surface area contributed by atoms with Crippen LogP contribution in [0, 0.1) is 0 Å². The Labute approximate surface area is 134 Å². The number of alkyl halides is 4. The van der Waals surface area contributed by atoms with Gasteiger partial charge in [-0.25, -0.2) is 4.79 Å². The molecule has 19 heavy (non-hydrogen) atoms. The van der Waals surface area contributed by atoms with Gasteiger partial charge in [-0.2, -0.15) is 0 Å². The van der Waals surface area contributed by atoms with Crippen molar-refractivity contribution in [2.75, 3.05) is 0 Å². The fourth-order valence-electron chi connectivity index (χ4n) is 1.62. The van der Waals surface area contributed by atoms with Crippen molar-refractivity contribution >= 4 is 52.4 Å². The lowest BCUT2D eigenvalue weighted by Gasteiger charge is -2.28. The Morgan fingerprint density at radius 3 is 1.79 bits per heavy atom. The van der Waals surface area contributed by atoms with E-state index in [1.54, 1.807) is 0 Å². The van der Waals surface area contributed by atoms with E-state index >= 15 is 0 Å². The van der Waals surface area contributed by atoms with Gasteiger partial charge in [-0.15, -0.1) is 0 Å². The average Bonchev–Trinajstić information content (AvgIpc) is 2.27. The number of carboxylic acids is 1. The molecule has 0 rings (SSSR count). The Hall–Kier alpha value is 0.590. The standard InChI is InChI=1S/C12H20Cl4O2.H2O/c1-2-3-4-5-6-7-8-9-11(13,14)12(15,16)10(17)18;/h2-9H2,1H3,(H,17,18);1H2. The van der Waals surface area contributed by atoms with Crippen LogP contribution in [0.3, 0.4) is 0 Å².